The fourth-order valence-corrected chi connectivity index (χ4v) is 3.80. The molecule has 0 N–H and O–H groups in total. The van der Waals surface area contributed by atoms with Gasteiger partial charge in [0.2, 0.25) is 0 Å². The van der Waals surface area contributed by atoms with E-state index in [1.807, 2.05) is 32.0 Å². The molecule has 1 aromatic carbocycles. The Morgan fingerprint density at radius 2 is 1.96 bits per heavy atom. The van der Waals surface area contributed by atoms with Crippen LogP contribution in [0.15, 0.2) is 48.7 Å². The summed E-state index contributed by atoms with van der Waals surface area (Å²) in [5, 5.41) is 0. The Morgan fingerprint density at radius 3 is 2.67 bits per heavy atom. The zero-order valence-corrected chi connectivity index (χ0v) is 16.0. The monoisotopic (exact) mass is 366 g/mol. The molecular formula is C22H26N2O3. The van der Waals surface area contributed by atoms with Crippen LogP contribution in [0.1, 0.15) is 41.4 Å². The summed E-state index contributed by atoms with van der Waals surface area (Å²) >= 11 is 0. The fourth-order valence-electron chi connectivity index (χ4n) is 3.80. The third-order valence-electron chi connectivity index (χ3n) is 5.25. The lowest BCUT2D eigenvalue weighted by Crippen LogP contribution is -2.51. The molecule has 1 aromatic heterocycles. The van der Waals surface area contributed by atoms with Gasteiger partial charge in [-0.05, 0) is 56.4 Å². The van der Waals surface area contributed by atoms with E-state index < -0.39 is 5.41 Å². The molecule has 5 heteroatoms. The highest BCUT2D eigenvalue weighted by Gasteiger charge is 2.45. The van der Waals surface area contributed by atoms with Crippen LogP contribution in [-0.2, 0) is 16.0 Å². The average Bonchev–Trinajstić information content (AvgIpc) is 2.70. The summed E-state index contributed by atoms with van der Waals surface area (Å²) in [6.45, 7) is 5.19. The Labute approximate surface area is 160 Å². The lowest BCUT2D eigenvalue weighted by molar-refractivity contribution is -0.158. The van der Waals surface area contributed by atoms with Gasteiger partial charge in [0.25, 0.3) is 5.91 Å². The zero-order chi connectivity index (χ0) is 19.3. The van der Waals surface area contributed by atoms with Crippen molar-refractivity contribution in [3.63, 3.8) is 0 Å². The second-order valence-corrected chi connectivity index (χ2v) is 7.15. The van der Waals surface area contributed by atoms with E-state index >= 15 is 0 Å². The molecule has 0 unspecified atom stereocenters. The summed E-state index contributed by atoms with van der Waals surface area (Å²) in [6.07, 6.45) is 3.67. The third kappa shape index (κ3) is 4.18. The minimum Gasteiger partial charge on any atom is -0.466 e. The number of ether oxygens (including phenoxy) is 1. The Bertz CT molecular complexity index is 806. The van der Waals surface area contributed by atoms with Crippen LogP contribution in [0.2, 0.25) is 0 Å². The SMILES string of the molecule is CCOC(=O)[C@]1(Cc2ccccc2C)CCCN(C(=O)c2ccccn2)C1. The van der Waals surface area contributed by atoms with Gasteiger partial charge >= 0.3 is 5.97 Å². The molecule has 0 saturated carbocycles. The molecule has 142 valence electrons. The maximum Gasteiger partial charge on any atom is 0.314 e. The molecule has 1 amide bonds. The highest BCUT2D eigenvalue weighted by Crippen LogP contribution is 2.36. The number of carbonyl (C=O) groups is 2. The van der Waals surface area contributed by atoms with E-state index in [1.165, 1.54) is 0 Å². The van der Waals surface area contributed by atoms with Gasteiger partial charge in [-0.3, -0.25) is 14.6 Å². The maximum absolute atomic E-state index is 13.0. The number of amides is 1. The molecule has 27 heavy (non-hydrogen) atoms. The third-order valence-corrected chi connectivity index (χ3v) is 5.25. The van der Waals surface area contributed by atoms with Crippen molar-refractivity contribution in [2.75, 3.05) is 19.7 Å². The minimum atomic E-state index is -0.717. The fraction of sp³-hybridized carbons (Fsp3) is 0.409. The van der Waals surface area contributed by atoms with Gasteiger partial charge in [0.15, 0.2) is 0 Å². The van der Waals surface area contributed by atoms with Gasteiger partial charge in [-0.15, -0.1) is 0 Å². The standard InChI is InChI=1S/C22H26N2O3/c1-3-27-21(26)22(15-18-10-5-4-9-17(18)2)12-8-14-24(16-22)20(25)19-11-6-7-13-23-19/h4-7,9-11,13H,3,8,12,14-16H2,1-2H3/t22-/m0/s1. The summed E-state index contributed by atoms with van der Waals surface area (Å²) in [7, 11) is 0. The molecule has 2 heterocycles. The van der Waals surface area contributed by atoms with Crippen LogP contribution in [0.4, 0.5) is 0 Å². The predicted molar refractivity (Wildman–Crippen MR) is 103 cm³/mol. The quantitative estimate of drug-likeness (QED) is 0.761. The Balaban J connectivity index is 1.89. The van der Waals surface area contributed by atoms with Crippen LogP contribution in [0.3, 0.4) is 0 Å². The lowest BCUT2D eigenvalue weighted by Gasteiger charge is -2.41. The molecule has 2 aromatic rings. The van der Waals surface area contributed by atoms with E-state index in [0.717, 1.165) is 17.5 Å². The van der Waals surface area contributed by atoms with E-state index in [2.05, 4.69) is 11.1 Å². The Morgan fingerprint density at radius 1 is 1.19 bits per heavy atom. The number of piperidine rings is 1. The van der Waals surface area contributed by atoms with Crippen LogP contribution in [0.5, 0.6) is 0 Å². The van der Waals surface area contributed by atoms with Crippen LogP contribution in [0.25, 0.3) is 0 Å². The van der Waals surface area contributed by atoms with Crippen molar-refractivity contribution >= 4 is 11.9 Å². The van der Waals surface area contributed by atoms with E-state index in [-0.39, 0.29) is 11.9 Å². The summed E-state index contributed by atoms with van der Waals surface area (Å²) in [5.74, 6) is -0.347. The first-order chi connectivity index (χ1) is 13.1. The van der Waals surface area contributed by atoms with Gasteiger partial charge < -0.3 is 9.64 Å². The second-order valence-electron chi connectivity index (χ2n) is 7.15. The van der Waals surface area contributed by atoms with Crippen molar-refractivity contribution < 1.29 is 14.3 Å². The lowest BCUT2D eigenvalue weighted by atomic mass is 9.74. The number of pyridine rings is 1. The summed E-state index contributed by atoms with van der Waals surface area (Å²) < 4.78 is 5.44. The van der Waals surface area contributed by atoms with Crippen LogP contribution >= 0.6 is 0 Å². The molecule has 1 fully saturated rings. The van der Waals surface area contributed by atoms with Crippen molar-refractivity contribution in [1.82, 2.24) is 9.88 Å². The number of likely N-dealkylation sites (tertiary alicyclic amines) is 1. The van der Waals surface area contributed by atoms with Gasteiger partial charge in [-0.2, -0.15) is 0 Å². The summed E-state index contributed by atoms with van der Waals surface area (Å²) in [6, 6.07) is 13.4. The topological polar surface area (TPSA) is 59.5 Å². The van der Waals surface area contributed by atoms with Crippen molar-refractivity contribution in [2.24, 2.45) is 5.41 Å². The van der Waals surface area contributed by atoms with Gasteiger partial charge in [-0.1, -0.05) is 30.3 Å². The predicted octanol–water partition coefficient (Wildman–Crippen LogP) is 3.42. The number of hydrogen-bond acceptors (Lipinski definition) is 4. The number of aromatic nitrogens is 1. The van der Waals surface area contributed by atoms with Crippen molar-refractivity contribution in [3.05, 3.63) is 65.5 Å². The molecule has 1 saturated heterocycles. The molecule has 0 spiro atoms. The molecule has 0 bridgehead atoms. The first-order valence-electron chi connectivity index (χ1n) is 9.48. The van der Waals surface area contributed by atoms with E-state index in [4.69, 9.17) is 4.74 Å². The average molecular weight is 366 g/mol. The molecule has 1 aliphatic heterocycles. The van der Waals surface area contributed by atoms with Crippen LogP contribution in [0, 0.1) is 12.3 Å². The molecule has 1 atom stereocenters. The Hall–Kier alpha value is -2.69. The van der Waals surface area contributed by atoms with Gasteiger partial charge in [0.05, 0.1) is 12.0 Å². The molecule has 0 radical (unpaired) electrons. The highest BCUT2D eigenvalue weighted by molar-refractivity contribution is 5.93. The van der Waals surface area contributed by atoms with E-state index in [0.29, 0.717) is 38.2 Å². The number of nitrogens with zero attached hydrogens (tertiary/aromatic N) is 2. The van der Waals surface area contributed by atoms with Crippen molar-refractivity contribution in [2.45, 2.75) is 33.1 Å². The first kappa shape index (κ1) is 19.1. The van der Waals surface area contributed by atoms with Crippen molar-refractivity contribution in [3.8, 4) is 0 Å². The number of aryl methyl sites for hydroxylation is 1. The maximum atomic E-state index is 13.0. The number of benzene rings is 1. The van der Waals surface area contributed by atoms with Crippen LogP contribution < -0.4 is 0 Å². The molecule has 3 rings (SSSR count). The number of carbonyl (C=O) groups excluding carboxylic acids is 2. The van der Waals surface area contributed by atoms with Crippen molar-refractivity contribution in [1.29, 1.82) is 0 Å². The van der Waals surface area contributed by atoms with Gasteiger partial charge in [0, 0.05) is 19.3 Å². The number of esters is 1. The summed E-state index contributed by atoms with van der Waals surface area (Å²) in [5.41, 5.74) is 1.96. The van der Waals surface area contributed by atoms with Gasteiger partial charge in [0.1, 0.15) is 5.69 Å². The molecule has 1 aliphatic rings. The molecule has 5 nitrogen and oxygen atoms in total. The molecule has 0 aliphatic carbocycles. The molecular weight excluding hydrogens is 340 g/mol. The van der Waals surface area contributed by atoms with E-state index in [1.54, 1.807) is 29.3 Å². The zero-order valence-electron chi connectivity index (χ0n) is 16.0. The highest BCUT2D eigenvalue weighted by atomic mass is 16.5. The van der Waals surface area contributed by atoms with Gasteiger partial charge in [-0.25, -0.2) is 0 Å². The first-order valence-corrected chi connectivity index (χ1v) is 9.48. The normalized spacial score (nSPS) is 19.6. The number of rotatable bonds is 5. The largest absolute Gasteiger partial charge is 0.466 e. The minimum absolute atomic E-state index is 0.131. The Kier molecular flexibility index (Phi) is 5.89. The summed E-state index contributed by atoms with van der Waals surface area (Å²) in [4.78, 5) is 31.8. The van der Waals surface area contributed by atoms with E-state index in [9.17, 15) is 9.59 Å². The van der Waals surface area contributed by atoms with Crippen LogP contribution in [-0.4, -0.2) is 41.5 Å². The second kappa shape index (κ2) is 8.33. The number of hydrogen-bond donors (Lipinski definition) is 0. The smallest absolute Gasteiger partial charge is 0.314 e.